The van der Waals surface area contributed by atoms with Crippen molar-refractivity contribution < 1.29 is 19.0 Å². The molecular formula is C26H30N4O4S. The summed E-state index contributed by atoms with van der Waals surface area (Å²) in [4.78, 5) is 19.4. The molecule has 3 aromatic rings. The molecule has 0 bridgehead atoms. The van der Waals surface area contributed by atoms with E-state index >= 15 is 0 Å². The molecule has 0 saturated heterocycles. The van der Waals surface area contributed by atoms with Gasteiger partial charge in [-0.2, -0.15) is 4.98 Å². The molecule has 0 unspecified atom stereocenters. The molecule has 0 spiro atoms. The fourth-order valence-electron chi connectivity index (χ4n) is 3.97. The quantitative estimate of drug-likeness (QED) is 0.401. The molecule has 1 amide bonds. The Labute approximate surface area is 210 Å². The predicted molar refractivity (Wildman–Crippen MR) is 136 cm³/mol. The van der Waals surface area contributed by atoms with Gasteiger partial charge in [-0.3, -0.25) is 9.69 Å². The third-order valence-corrected chi connectivity index (χ3v) is 6.60. The molecular weight excluding hydrogens is 464 g/mol. The molecule has 1 aromatic heterocycles. The van der Waals surface area contributed by atoms with Crippen molar-refractivity contribution in [3.63, 3.8) is 0 Å². The van der Waals surface area contributed by atoms with Gasteiger partial charge in [0.1, 0.15) is 0 Å². The number of para-hydroxylation sites is 1. The Balaban J connectivity index is 1.90. The molecule has 8 nitrogen and oxygen atoms in total. The van der Waals surface area contributed by atoms with E-state index in [1.165, 1.54) is 6.92 Å². The number of hydrogen-bond donors (Lipinski definition) is 0. The SMILES string of the molecule is COc1cccc([C@H]2Oc3nc(SCCC(C)C)nnc3-c3cc(C)ccc3N2C(C)=O)c1OC. The maximum atomic E-state index is 13.1. The van der Waals surface area contributed by atoms with Crippen molar-refractivity contribution in [1.82, 2.24) is 15.2 Å². The highest BCUT2D eigenvalue weighted by Gasteiger charge is 2.36. The van der Waals surface area contributed by atoms with Gasteiger partial charge in [-0.25, -0.2) is 0 Å². The van der Waals surface area contributed by atoms with Crippen LogP contribution in [0.3, 0.4) is 0 Å². The molecule has 2 aromatic carbocycles. The van der Waals surface area contributed by atoms with Crippen molar-refractivity contribution >= 4 is 23.4 Å². The summed E-state index contributed by atoms with van der Waals surface area (Å²) >= 11 is 1.54. The number of methoxy groups -OCH3 is 2. The highest BCUT2D eigenvalue weighted by molar-refractivity contribution is 7.99. The number of thioether (sulfide) groups is 1. The van der Waals surface area contributed by atoms with E-state index in [9.17, 15) is 4.79 Å². The highest BCUT2D eigenvalue weighted by atomic mass is 32.2. The standard InChI is InChI=1S/C26H30N4O4S/c1-15(2)12-13-35-26-27-24-22(28-29-26)19-14-16(3)10-11-20(19)30(17(4)31)25(34-24)18-8-7-9-21(32-5)23(18)33-6/h7-11,14-15,25H,12-13H2,1-6H3/t25-/m1/s1. The third kappa shape index (κ3) is 5.05. The summed E-state index contributed by atoms with van der Waals surface area (Å²) in [6.45, 7) is 7.86. The highest BCUT2D eigenvalue weighted by Crippen LogP contribution is 2.46. The summed E-state index contributed by atoms with van der Waals surface area (Å²) in [5.74, 6) is 2.60. The van der Waals surface area contributed by atoms with E-state index in [4.69, 9.17) is 19.2 Å². The van der Waals surface area contributed by atoms with Crippen LogP contribution in [0, 0.1) is 12.8 Å². The molecule has 2 heterocycles. The number of hydrogen-bond acceptors (Lipinski definition) is 8. The topological polar surface area (TPSA) is 86.7 Å². The maximum Gasteiger partial charge on any atom is 0.247 e. The molecule has 4 rings (SSSR count). The average Bonchev–Trinajstić information content (AvgIpc) is 2.97. The molecule has 184 valence electrons. The van der Waals surface area contributed by atoms with E-state index in [0.717, 1.165) is 23.3 Å². The number of ether oxygens (including phenoxy) is 3. The molecule has 35 heavy (non-hydrogen) atoms. The van der Waals surface area contributed by atoms with Gasteiger partial charge in [0, 0.05) is 18.2 Å². The first-order chi connectivity index (χ1) is 16.8. The minimum Gasteiger partial charge on any atom is -0.493 e. The number of aromatic nitrogens is 3. The first-order valence-corrected chi connectivity index (χ1v) is 12.5. The van der Waals surface area contributed by atoms with Crippen LogP contribution >= 0.6 is 11.8 Å². The van der Waals surface area contributed by atoms with E-state index in [-0.39, 0.29) is 5.91 Å². The molecule has 9 heteroatoms. The van der Waals surface area contributed by atoms with E-state index in [2.05, 4.69) is 24.0 Å². The Morgan fingerprint density at radius 3 is 2.66 bits per heavy atom. The normalized spacial score (nSPS) is 14.6. The zero-order valence-corrected chi connectivity index (χ0v) is 21.7. The molecule has 0 saturated carbocycles. The number of amides is 1. The minimum atomic E-state index is -0.856. The van der Waals surface area contributed by atoms with Crippen molar-refractivity contribution in [3.05, 3.63) is 47.5 Å². The summed E-state index contributed by atoms with van der Waals surface area (Å²) in [7, 11) is 3.14. The smallest absolute Gasteiger partial charge is 0.247 e. The van der Waals surface area contributed by atoms with Crippen molar-refractivity contribution in [2.45, 2.75) is 45.5 Å². The summed E-state index contributed by atoms with van der Waals surface area (Å²) in [5, 5.41) is 9.40. The summed E-state index contributed by atoms with van der Waals surface area (Å²) in [6.07, 6.45) is 0.181. The molecule has 1 aliphatic heterocycles. The molecule has 0 N–H and O–H groups in total. The number of carbonyl (C=O) groups excluding carboxylic acids is 1. The Bertz CT molecular complexity index is 1230. The van der Waals surface area contributed by atoms with Crippen LogP contribution in [0.4, 0.5) is 5.69 Å². The van der Waals surface area contributed by atoms with Crippen LogP contribution in [0.25, 0.3) is 11.3 Å². The first-order valence-electron chi connectivity index (χ1n) is 11.5. The Kier molecular flexibility index (Phi) is 7.45. The molecule has 0 aliphatic carbocycles. The van der Waals surface area contributed by atoms with Gasteiger partial charge < -0.3 is 14.2 Å². The van der Waals surface area contributed by atoms with Gasteiger partial charge >= 0.3 is 0 Å². The predicted octanol–water partition coefficient (Wildman–Crippen LogP) is 5.45. The number of benzene rings is 2. The molecule has 1 atom stereocenters. The van der Waals surface area contributed by atoms with Crippen molar-refractivity contribution in [1.29, 1.82) is 0 Å². The number of rotatable bonds is 7. The number of fused-ring (bicyclic) bond motifs is 3. The second-order valence-corrected chi connectivity index (χ2v) is 9.80. The van der Waals surface area contributed by atoms with Crippen LogP contribution in [0.1, 0.15) is 44.5 Å². The molecule has 1 aliphatic rings. The second-order valence-electron chi connectivity index (χ2n) is 8.74. The number of carbonyl (C=O) groups is 1. The second kappa shape index (κ2) is 10.5. The zero-order chi connectivity index (χ0) is 25.1. The molecule has 0 radical (unpaired) electrons. The van der Waals surface area contributed by atoms with Gasteiger partial charge in [0.25, 0.3) is 0 Å². The van der Waals surface area contributed by atoms with Gasteiger partial charge in [0.15, 0.2) is 17.2 Å². The van der Waals surface area contributed by atoms with Crippen LogP contribution < -0.4 is 19.1 Å². The Morgan fingerprint density at radius 2 is 1.97 bits per heavy atom. The fraction of sp³-hybridized carbons (Fsp3) is 0.385. The maximum absolute atomic E-state index is 13.1. The van der Waals surface area contributed by atoms with Crippen molar-refractivity contribution in [2.24, 2.45) is 5.92 Å². The van der Waals surface area contributed by atoms with Gasteiger partial charge in [-0.1, -0.05) is 43.3 Å². The third-order valence-electron chi connectivity index (χ3n) is 5.72. The van der Waals surface area contributed by atoms with Crippen LogP contribution in [0.15, 0.2) is 41.6 Å². The lowest BCUT2D eigenvalue weighted by molar-refractivity contribution is -0.118. The van der Waals surface area contributed by atoms with Gasteiger partial charge in [0.2, 0.25) is 23.2 Å². The number of aryl methyl sites for hydroxylation is 1. The van der Waals surface area contributed by atoms with E-state index in [1.807, 2.05) is 37.3 Å². The Morgan fingerprint density at radius 1 is 1.17 bits per heavy atom. The summed E-state index contributed by atoms with van der Waals surface area (Å²) in [5.41, 5.74) is 3.54. The lowest BCUT2D eigenvalue weighted by Gasteiger charge is -2.31. The van der Waals surface area contributed by atoms with E-state index in [1.54, 1.807) is 36.9 Å². The van der Waals surface area contributed by atoms with Crippen LogP contribution in [-0.2, 0) is 4.79 Å². The zero-order valence-electron chi connectivity index (χ0n) is 20.9. The van der Waals surface area contributed by atoms with Gasteiger partial charge in [-0.05, 0) is 43.5 Å². The molecule has 0 fully saturated rings. The van der Waals surface area contributed by atoms with Gasteiger partial charge in [-0.15, -0.1) is 10.2 Å². The van der Waals surface area contributed by atoms with Crippen LogP contribution in [-0.4, -0.2) is 41.1 Å². The lowest BCUT2D eigenvalue weighted by Crippen LogP contribution is -2.36. The minimum absolute atomic E-state index is 0.197. The first kappa shape index (κ1) is 24.8. The van der Waals surface area contributed by atoms with Crippen LogP contribution in [0.5, 0.6) is 17.4 Å². The Hall–Kier alpha value is -3.33. The number of anilines is 1. The van der Waals surface area contributed by atoms with E-state index in [0.29, 0.717) is 45.4 Å². The van der Waals surface area contributed by atoms with Crippen molar-refractivity contribution in [2.75, 3.05) is 24.9 Å². The van der Waals surface area contributed by atoms with Gasteiger partial charge in [0.05, 0.1) is 25.5 Å². The van der Waals surface area contributed by atoms with Crippen molar-refractivity contribution in [3.8, 4) is 28.6 Å². The summed E-state index contributed by atoms with van der Waals surface area (Å²) < 4.78 is 17.7. The fourth-order valence-corrected chi connectivity index (χ4v) is 4.99. The van der Waals surface area contributed by atoms with Crippen LogP contribution in [0.2, 0.25) is 0 Å². The monoisotopic (exact) mass is 494 g/mol. The number of nitrogens with zero attached hydrogens (tertiary/aromatic N) is 4. The lowest BCUT2D eigenvalue weighted by atomic mass is 10.0. The van der Waals surface area contributed by atoms with E-state index < -0.39 is 6.23 Å². The summed E-state index contributed by atoms with van der Waals surface area (Å²) in [6, 6.07) is 11.3. The largest absolute Gasteiger partial charge is 0.493 e. The average molecular weight is 495 g/mol.